The Balaban J connectivity index is 1.48. The first-order chi connectivity index (χ1) is 15.1. The van der Waals surface area contributed by atoms with Crippen LogP contribution in [0.3, 0.4) is 0 Å². The van der Waals surface area contributed by atoms with Crippen LogP contribution < -0.4 is 5.32 Å². The summed E-state index contributed by atoms with van der Waals surface area (Å²) in [6.45, 7) is 2.39. The maximum absolute atomic E-state index is 13.4. The molecular weight excluding hydrogens is 431 g/mol. The summed E-state index contributed by atoms with van der Waals surface area (Å²) in [5.41, 5.74) is 3.13. The van der Waals surface area contributed by atoms with Gasteiger partial charge in [0, 0.05) is 31.1 Å². The highest BCUT2D eigenvalue weighted by molar-refractivity contribution is 7.90. The van der Waals surface area contributed by atoms with E-state index in [4.69, 9.17) is 0 Å². The summed E-state index contributed by atoms with van der Waals surface area (Å²) in [6.07, 6.45) is 2.59. The Kier molecular flexibility index (Phi) is 7.29. The number of urea groups is 1. The van der Waals surface area contributed by atoms with Gasteiger partial charge in [-0.3, -0.25) is 5.10 Å². The molecule has 170 valence electrons. The molecule has 0 aliphatic rings. The van der Waals surface area contributed by atoms with Gasteiger partial charge in [-0.2, -0.15) is 5.10 Å². The van der Waals surface area contributed by atoms with Crippen molar-refractivity contribution in [3.8, 4) is 11.3 Å². The van der Waals surface area contributed by atoms with Crippen LogP contribution in [-0.2, 0) is 16.3 Å². The monoisotopic (exact) mass is 458 g/mol. The predicted molar refractivity (Wildman–Crippen MR) is 121 cm³/mol. The maximum atomic E-state index is 13.4. The largest absolute Gasteiger partial charge is 0.331 e. The Morgan fingerprint density at radius 1 is 1.19 bits per heavy atom. The fraction of sp³-hybridized carbons (Fsp3) is 0.304. The second kappa shape index (κ2) is 9.95. The standard InChI is InChI=1S/C23H27FN4O3S/c1-16(17-9-11-21(12-10-17)32(3,30)31)25-23(29)28(2)13-5-8-20-15-22(27-26-20)18-6-4-7-19(24)14-18/h4,6-7,9-12,14-16H,5,8,13H2,1-3H3,(H,25,29)(H,26,27). The van der Waals surface area contributed by atoms with Gasteiger partial charge in [0.05, 0.1) is 16.6 Å². The lowest BCUT2D eigenvalue weighted by atomic mass is 10.1. The molecule has 0 aliphatic carbocycles. The summed E-state index contributed by atoms with van der Waals surface area (Å²) in [4.78, 5) is 14.3. The van der Waals surface area contributed by atoms with E-state index in [1.807, 2.05) is 13.0 Å². The minimum atomic E-state index is -3.25. The Hall–Kier alpha value is -3.20. The van der Waals surface area contributed by atoms with Crippen LogP contribution in [0.2, 0.25) is 0 Å². The highest BCUT2D eigenvalue weighted by Gasteiger charge is 2.15. The van der Waals surface area contributed by atoms with Crippen LogP contribution in [0.4, 0.5) is 9.18 Å². The fourth-order valence-corrected chi connectivity index (χ4v) is 3.91. The van der Waals surface area contributed by atoms with E-state index in [0.717, 1.165) is 23.9 Å². The van der Waals surface area contributed by atoms with Gasteiger partial charge in [0.1, 0.15) is 5.82 Å². The number of nitrogens with zero attached hydrogens (tertiary/aromatic N) is 2. The molecule has 1 heterocycles. The van der Waals surface area contributed by atoms with E-state index in [0.29, 0.717) is 24.2 Å². The number of nitrogens with one attached hydrogen (secondary N) is 2. The van der Waals surface area contributed by atoms with E-state index in [1.165, 1.54) is 12.1 Å². The molecule has 3 rings (SSSR count). The first-order valence-corrected chi connectivity index (χ1v) is 12.1. The summed E-state index contributed by atoms with van der Waals surface area (Å²) in [5, 5.41) is 10.1. The molecule has 1 unspecified atom stereocenters. The number of aryl methyl sites for hydroxylation is 1. The van der Waals surface area contributed by atoms with Crippen LogP contribution in [0.15, 0.2) is 59.5 Å². The molecule has 7 nitrogen and oxygen atoms in total. The van der Waals surface area contributed by atoms with E-state index in [9.17, 15) is 17.6 Å². The zero-order chi connectivity index (χ0) is 23.3. The first-order valence-electron chi connectivity index (χ1n) is 10.3. The van der Waals surface area contributed by atoms with Crippen molar-refractivity contribution in [3.05, 3.63) is 71.7 Å². The summed E-state index contributed by atoms with van der Waals surface area (Å²) >= 11 is 0. The number of benzene rings is 2. The molecule has 2 aromatic carbocycles. The average Bonchev–Trinajstić information content (AvgIpc) is 3.22. The van der Waals surface area contributed by atoms with Gasteiger partial charge in [-0.05, 0) is 55.7 Å². The third kappa shape index (κ3) is 6.16. The molecule has 1 aromatic heterocycles. The van der Waals surface area contributed by atoms with Crippen LogP contribution >= 0.6 is 0 Å². The summed E-state index contributed by atoms with van der Waals surface area (Å²) in [7, 11) is -1.53. The highest BCUT2D eigenvalue weighted by Crippen LogP contribution is 2.19. The zero-order valence-electron chi connectivity index (χ0n) is 18.3. The topological polar surface area (TPSA) is 95.2 Å². The number of aromatic nitrogens is 2. The fourth-order valence-electron chi connectivity index (χ4n) is 3.28. The number of halogens is 1. The van der Waals surface area contributed by atoms with Crippen LogP contribution in [0.25, 0.3) is 11.3 Å². The Morgan fingerprint density at radius 2 is 1.91 bits per heavy atom. The van der Waals surface area contributed by atoms with Crippen LogP contribution in [0.5, 0.6) is 0 Å². The van der Waals surface area contributed by atoms with Crippen molar-refractivity contribution < 1.29 is 17.6 Å². The number of amides is 2. The Bertz CT molecular complexity index is 1180. The van der Waals surface area contributed by atoms with Crippen molar-refractivity contribution >= 4 is 15.9 Å². The number of hydrogen-bond donors (Lipinski definition) is 2. The molecule has 0 aliphatic heterocycles. The quantitative estimate of drug-likeness (QED) is 0.534. The zero-order valence-corrected chi connectivity index (χ0v) is 19.1. The van der Waals surface area contributed by atoms with Crippen molar-refractivity contribution in [2.75, 3.05) is 19.8 Å². The third-order valence-corrected chi connectivity index (χ3v) is 6.31. The number of H-pyrrole nitrogens is 1. The van der Waals surface area contributed by atoms with E-state index in [-0.39, 0.29) is 22.8 Å². The molecule has 32 heavy (non-hydrogen) atoms. The lowest BCUT2D eigenvalue weighted by Gasteiger charge is -2.21. The van der Waals surface area contributed by atoms with E-state index in [1.54, 1.807) is 48.3 Å². The molecule has 0 saturated heterocycles. The van der Waals surface area contributed by atoms with Gasteiger partial charge in [-0.1, -0.05) is 24.3 Å². The number of aromatic amines is 1. The molecule has 0 bridgehead atoms. The molecule has 3 aromatic rings. The van der Waals surface area contributed by atoms with Crippen molar-refractivity contribution in [1.82, 2.24) is 20.4 Å². The Labute approximate surface area is 187 Å². The molecule has 0 spiro atoms. The van der Waals surface area contributed by atoms with Gasteiger partial charge >= 0.3 is 6.03 Å². The highest BCUT2D eigenvalue weighted by atomic mass is 32.2. The second-order valence-electron chi connectivity index (χ2n) is 7.83. The summed E-state index contributed by atoms with van der Waals surface area (Å²) in [5.74, 6) is -0.305. The second-order valence-corrected chi connectivity index (χ2v) is 9.84. The van der Waals surface area contributed by atoms with Gasteiger partial charge in [-0.25, -0.2) is 17.6 Å². The minimum absolute atomic E-state index is 0.213. The molecule has 0 saturated carbocycles. The lowest BCUT2D eigenvalue weighted by Crippen LogP contribution is -2.39. The smallest absolute Gasteiger partial charge is 0.317 e. The van der Waals surface area contributed by atoms with Crippen molar-refractivity contribution in [1.29, 1.82) is 0 Å². The number of sulfone groups is 1. The number of hydrogen-bond acceptors (Lipinski definition) is 4. The predicted octanol–water partition coefficient (Wildman–Crippen LogP) is 3.95. The van der Waals surface area contributed by atoms with Gasteiger partial charge in [0.2, 0.25) is 0 Å². The molecule has 0 fully saturated rings. The number of rotatable bonds is 8. The molecule has 2 amide bonds. The Morgan fingerprint density at radius 3 is 2.56 bits per heavy atom. The third-order valence-electron chi connectivity index (χ3n) is 5.19. The molecule has 1 atom stereocenters. The molecular formula is C23H27FN4O3S. The van der Waals surface area contributed by atoms with Crippen LogP contribution in [-0.4, -0.2) is 49.4 Å². The van der Waals surface area contributed by atoms with E-state index < -0.39 is 9.84 Å². The van der Waals surface area contributed by atoms with E-state index in [2.05, 4.69) is 15.5 Å². The maximum Gasteiger partial charge on any atom is 0.317 e. The molecule has 0 radical (unpaired) electrons. The van der Waals surface area contributed by atoms with Crippen molar-refractivity contribution in [2.45, 2.75) is 30.7 Å². The van der Waals surface area contributed by atoms with Crippen molar-refractivity contribution in [2.24, 2.45) is 0 Å². The van der Waals surface area contributed by atoms with Crippen molar-refractivity contribution in [3.63, 3.8) is 0 Å². The summed E-state index contributed by atoms with van der Waals surface area (Å²) in [6, 6.07) is 14.2. The van der Waals surface area contributed by atoms with Gasteiger partial charge < -0.3 is 10.2 Å². The first kappa shape index (κ1) is 23.5. The molecule has 2 N–H and O–H groups in total. The summed E-state index contributed by atoms with van der Waals surface area (Å²) < 4.78 is 36.5. The SMILES string of the molecule is CC(NC(=O)N(C)CCCc1cc(-c2cccc(F)c2)n[nH]1)c1ccc(S(C)(=O)=O)cc1. The number of carbonyl (C=O) groups excluding carboxylic acids is 1. The van der Waals surface area contributed by atoms with Crippen LogP contribution in [0.1, 0.15) is 30.6 Å². The van der Waals surface area contributed by atoms with Gasteiger partial charge in [-0.15, -0.1) is 0 Å². The van der Waals surface area contributed by atoms with Crippen LogP contribution in [0, 0.1) is 5.82 Å². The molecule has 9 heteroatoms. The van der Waals surface area contributed by atoms with E-state index >= 15 is 0 Å². The van der Waals surface area contributed by atoms with Gasteiger partial charge in [0.25, 0.3) is 0 Å². The average molecular weight is 459 g/mol. The lowest BCUT2D eigenvalue weighted by molar-refractivity contribution is 0.205. The number of carbonyl (C=O) groups is 1. The normalized spacial score (nSPS) is 12.4. The van der Waals surface area contributed by atoms with Gasteiger partial charge in [0.15, 0.2) is 9.84 Å². The minimum Gasteiger partial charge on any atom is -0.331 e.